The van der Waals surface area contributed by atoms with Crippen molar-refractivity contribution in [1.82, 2.24) is 0 Å². The Morgan fingerprint density at radius 2 is 1.92 bits per heavy atom. The number of esters is 1. The highest BCUT2D eigenvalue weighted by Crippen LogP contribution is 2.33. The number of halogens is 4. The lowest BCUT2D eigenvalue weighted by molar-refractivity contribution is -0.919. The lowest BCUT2D eigenvalue weighted by Gasteiger charge is -2.31. The van der Waals surface area contributed by atoms with E-state index < -0.39 is 23.7 Å². The first-order chi connectivity index (χ1) is 12.1. The SMILES string of the molecule is COC(=O)C1CC[NH+]([C@H](C)C(=O)Nc2cc(C(F)(F)F)ccc2Cl)CC1. The number of piperidine rings is 1. The van der Waals surface area contributed by atoms with Crippen LogP contribution >= 0.6 is 11.6 Å². The van der Waals surface area contributed by atoms with Gasteiger partial charge in [-0.3, -0.25) is 9.59 Å². The Morgan fingerprint density at radius 3 is 2.46 bits per heavy atom. The number of rotatable bonds is 4. The summed E-state index contributed by atoms with van der Waals surface area (Å²) in [5.41, 5.74) is -0.946. The molecule has 1 aliphatic heterocycles. The van der Waals surface area contributed by atoms with Gasteiger partial charge in [0.25, 0.3) is 5.91 Å². The van der Waals surface area contributed by atoms with Gasteiger partial charge in [-0.05, 0) is 25.1 Å². The van der Waals surface area contributed by atoms with E-state index in [0.29, 0.717) is 25.9 Å². The number of likely N-dealkylation sites (tertiary alicyclic amines) is 1. The standard InChI is InChI=1S/C17H20ClF3N2O3/c1-10(23-7-5-11(6-8-23)16(25)26-2)15(24)22-14-9-12(17(19,20)21)3-4-13(14)18/h3-4,9-11H,5-8H2,1-2H3,(H,22,24)/p+1/t10-/m1/s1. The summed E-state index contributed by atoms with van der Waals surface area (Å²) in [6.07, 6.45) is -3.31. The van der Waals surface area contributed by atoms with Gasteiger partial charge in [-0.2, -0.15) is 13.2 Å². The number of hydrogen-bond acceptors (Lipinski definition) is 3. The normalized spacial score (nSPS) is 21.8. The minimum Gasteiger partial charge on any atom is -0.469 e. The summed E-state index contributed by atoms with van der Waals surface area (Å²) in [7, 11) is 1.34. The summed E-state index contributed by atoms with van der Waals surface area (Å²) in [4.78, 5) is 24.9. The molecule has 5 nitrogen and oxygen atoms in total. The third kappa shape index (κ3) is 4.88. The van der Waals surface area contributed by atoms with Crippen molar-refractivity contribution < 1.29 is 32.4 Å². The Balaban J connectivity index is 2.01. The van der Waals surface area contributed by atoms with Crippen LogP contribution in [0.5, 0.6) is 0 Å². The van der Waals surface area contributed by atoms with Crippen LogP contribution in [0.1, 0.15) is 25.3 Å². The first-order valence-electron chi connectivity index (χ1n) is 8.23. The fourth-order valence-corrected chi connectivity index (χ4v) is 3.21. The van der Waals surface area contributed by atoms with Crippen LogP contribution in [0.4, 0.5) is 18.9 Å². The lowest BCUT2D eigenvalue weighted by atomic mass is 9.96. The van der Waals surface area contributed by atoms with Crippen molar-refractivity contribution in [2.24, 2.45) is 5.92 Å². The number of carbonyl (C=O) groups excluding carboxylic acids is 2. The van der Waals surface area contributed by atoms with Gasteiger partial charge in [0, 0.05) is 12.8 Å². The molecular weight excluding hydrogens is 373 g/mol. The summed E-state index contributed by atoms with van der Waals surface area (Å²) in [6.45, 7) is 2.90. The Kier molecular flexibility index (Phi) is 6.52. The van der Waals surface area contributed by atoms with Gasteiger partial charge in [0.1, 0.15) is 0 Å². The zero-order valence-electron chi connectivity index (χ0n) is 14.5. The monoisotopic (exact) mass is 393 g/mol. The molecule has 0 saturated carbocycles. The maximum atomic E-state index is 12.8. The third-order valence-electron chi connectivity index (χ3n) is 4.72. The number of alkyl halides is 3. The van der Waals surface area contributed by atoms with Crippen molar-refractivity contribution in [1.29, 1.82) is 0 Å². The number of benzene rings is 1. The molecule has 0 radical (unpaired) electrons. The smallest absolute Gasteiger partial charge is 0.416 e. The van der Waals surface area contributed by atoms with Crippen LogP contribution in [0.3, 0.4) is 0 Å². The zero-order chi connectivity index (χ0) is 19.5. The van der Waals surface area contributed by atoms with E-state index in [9.17, 15) is 22.8 Å². The van der Waals surface area contributed by atoms with E-state index in [1.165, 1.54) is 7.11 Å². The predicted molar refractivity (Wildman–Crippen MR) is 90.0 cm³/mol. The molecule has 2 N–H and O–H groups in total. The largest absolute Gasteiger partial charge is 0.469 e. The number of anilines is 1. The number of ether oxygens (including phenoxy) is 1. The van der Waals surface area contributed by atoms with Gasteiger partial charge in [-0.25, -0.2) is 0 Å². The number of amides is 1. The van der Waals surface area contributed by atoms with E-state index in [-0.39, 0.29) is 22.6 Å². The van der Waals surface area contributed by atoms with E-state index in [0.717, 1.165) is 23.1 Å². The van der Waals surface area contributed by atoms with E-state index in [1.54, 1.807) is 6.92 Å². The number of methoxy groups -OCH3 is 1. The average Bonchev–Trinajstić information content (AvgIpc) is 2.61. The molecule has 1 saturated heterocycles. The quantitative estimate of drug-likeness (QED) is 0.771. The Hall–Kier alpha value is -1.80. The van der Waals surface area contributed by atoms with Crippen LogP contribution in [-0.4, -0.2) is 38.1 Å². The van der Waals surface area contributed by atoms with Crippen LogP contribution in [-0.2, 0) is 20.5 Å². The van der Waals surface area contributed by atoms with Gasteiger partial charge < -0.3 is 15.0 Å². The maximum Gasteiger partial charge on any atom is 0.416 e. The van der Waals surface area contributed by atoms with E-state index in [4.69, 9.17) is 16.3 Å². The van der Waals surface area contributed by atoms with Gasteiger partial charge in [0.2, 0.25) is 0 Å². The molecule has 1 fully saturated rings. The molecular formula is C17H21ClF3N2O3+. The van der Waals surface area contributed by atoms with Crippen molar-refractivity contribution in [3.8, 4) is 0 Å². The van der Waals surface area contributed by atoms with Crippen molar-refractivity contribution in [2.45, 2.75) is 32.0 Å². The Bertz CT molecular complexity index is 674. The molecule has 0 unspecified atom stereocenters. The van der Waals surface area contributed by atoms with Crippen molar-refractivity contribution in [3.05, 3.63) is 28.8 Å². The lowest BCUT2D eigenvalue weighted by Crippen LogP contribution is -3.17. The molecule has 0 spiro atoms. The van der Waals surface area contributed by atoms with E-state index in [1.807, 2.05) is 0 Å². The molecule has 1 atom stereocenters. The van der Waals surface area contributed by atoms with Crippen LogP contribution < -0.4 is 10.2 Å². The molecule has 2 rings (SSSR count). The van der Waals surface area contributed by atoms with Crippen molar-refractivity contribution >= 4 is 29.2 Å². The van der Waals surface area contributed by atoms with Crippen molar-refractivity contribution in [3.63, 3.8) is 0 Å². The molecule has 1 aromatic carbocycles. The molecule has 1 aromatic rings. The van der Waals surface area contributed by atoms with Crippen molar-refractivity contribution in [2.75, 3.05) is 25.5 Å². The maximum absolute atomic E-state index is 12.8. The molecule has 1 amide bonds. The summed E-state index contributed by atoms with van der Waals surface area (Å²) in [5, 5.41) is 2.52. The summed E-state index contributed by atoms with van der Waals surface area (Å²) < 4.78 is 43.2. The first-order valence-corrected chi connectivity index (χ1v) is 8.61. The van der Waals surface area contributed by atoms with Gasteiger partial charge >= 0.3 is 12.1 Å². The molecule has 0 bridgehead atoms. The number of carbonyl (C=O) groups is 2. The fraction of sp³-hybridized carbons (Fsp3) is 0.529. The third-order valence-corrected chi connectivity index (χ3v) is 5.05. The topological polar surface area (TPSA) is 59.8 Å². The Labute approximate surface area is 154 Å². The van der Waals surface area contributed by atoms with Gasteiger partial charge in [-0.15, -0.1) is 0 Å². The zero-order valence-corrected chi connectivity index (χ0v) is 15.2. The predicted octanol–water partition coefficient (Wildman–Crippen LogP) is 2.15. The highest BCUT2D eigenvalue weighted by molar-refractivity contribution is 6.33. The second-order valence-corrected chi connectivity index (χ2v) is 6.77. The first kappa shape index (κ1) is 20.5. The minimum absolute atomic E-state index is 0.0398. The molecule has 0 aromatic heterocycles. The Morgan fingerprint density at radius 1 is 1.31 bits per heavy atom. The average molecular weight is 394 g/mol. The molecule has 144 valence electrons. The van der Waals surface area contributed by atoms with Crippen LogP contribution in [0.2, 0.25) is 5.02 Å². The highest BCUT2D eigenvalue weighted by atomic mass is 35.5. The van der Waals surface area contributed by atoms with Gasteiger partial charge in [0.05, 0.1) is 42.4 Å². The number of hydrogen-bond donors (Lipinski definition) is 2. The van der Waals surface area contributed by atoms with Gasteiger partial charge in [-0.1, -0.05) is 11.6 Å². The summed E-state index contributed by atoms with van der Waals surface area (Å²) in [5.74, 6) is -0.841. The van der Waals surface area contributed by atoms with Crippen LogP contribution in [0.25, 0.3) is 0 Å². The van der Waals surface area contributed by atoms with E-state index in [2.05, 4.69) is 5.32 Å². The summed E-state index contributed by atoms with van der Waals surface area (Å²) >= 11 is 5.91. The van der Waals surface area contributed by atoms with Gasteiger partial charge in [0.15, 0.2) is 6.04 Å². The highest BCUT2D eigenvalue weighted by Gasteiger charge is 2.34. The molecule has 9 heteroatoms. The molecule has 1 heterocycles. The van der Waals surface area contributed by atoms with Crippen LogP contribution in [0, 0.1) is 5.92 Å². The second kappa shape index (κ2) is 8.26. The summed E-state index contributed by atoms with van der Waals surface area (Å²) in [6, 6.07) is 2.31. The molecule has 0 aliphatic carbocycles. The fourth-order valence-electron chi connectivity index (χ4n) is 3.05. The number of quaternary nitrogens is 1. The second-order valence-electron chi connectivity index (χ2n) is 6.36. The van der Waals surface area contributed by atoms with Crippen LogP contribution in [0.15, 0.2) is 18.2 Å². The molecule has 26 heavy (non-hydrogen) atoms. The number of nitrogens with one attached hydrogen (secondary N) is 2. The minimum atomic E-state index is -4.52. The molecule has 1 aliphatic rings. The van der Waals surface area contributed by atoms with E-state index >= 15 is 0 Å².